The van der Waals surface area contributed by atoms with E-state index in [1.165, 1.54) is 6.26 Å². The number of guanidine groups is 1. The van der Waals surface area contributed by atoms with Crippen LogP contribution >= 0.6 is 24.0 Å². The van der Waals surface area contributed by atoms with Gasteiger partial charge in [0.2, 0.25) is 0 Å². The highest BCUT2D eigenvalue weighted by Crippen LogP contribution is 2.19. The predicted octanol–water partition coefficient (Wildman–Crippen LogP) is 2.41. The van der Waals surface area contributed by atoms with E-state index >= 15 is 0 Å². The van der Waals surface area contributed by atoms with Crippen molar-refractivity contribution in [1.82, 2.24) is 10.6 Å². The van der Waals surface area contributed by atoms with Crippen LogP contribution in [0.1, 0.15) is 33.0 Å². The monoisotopic (exact) mass is 457 g/mol. The molecular formula is C15H28IN3O3S. The van der Waals surface area contributed by atoms with Gasteiger partial charge in [0.05, 0.1) is 12.0 Å². The molecule has 1 aromatic heterocycles. The summed E-state index contributed by atoms with van der Waals surface area (Å²) in [6, 6.07) is 3.71. The van der Waals surface area contributed by atoms with Crippen LogP contribution in [0, 0.1) is 5.41 Å². The summed E-state index contributed by atoms with van der Waals surface area (Å²) in [6.45, 7) is 7.95. The van der Waals surface area contributed by atoms with Gasteiger partial charge in [0, 0.05) is 19.3 Å². The van der Waals surface area contributed by atoms with Crippen LogP contribution in [0.5, 0.6) is 0 Å². The molecule has 0 saturated carbocycles. The molecule has 6 nitrogen and oxygen atoms in total. The fraction of sp³-hybridized carbons (Fsp3) is 0.667. The Morgan fingerprint density at radius 1 is 1.35 bits per heavy atom. The van der Waals surface area contributed by atoms with Crippen LogP contribution in [0.3, 0.4) is 0 Å². The molecule has 2 N–H and O–H groups in total. The number of furan rings is 1. The highest BCUT2D eigenvalue weighted by atomic mass is 127. The first kappa shape index (κ1) is 22.2. The van der Waals surface area contributed by atoms with E-state index < -0.39 is 9.84 Å². The van der Waals surface area contributed by atoms with Gasteiger partial charge in [-0.1, -0.05) is 13.8 Å². The zero-order valence-electron chi connectivity index (χ0n) is 14.3. The lowest BCUT2D eigenvalue weighted by atomic mass is 9.90. The van der Waals surface area contributed by atoms with Crippen molar-refractivity contribution in [2.75, 3.05) is 25.1 Å². The standard InChI is InChI=1S/C15H27N3O3S.HI/c1-5-16-14(17-11-13-7-6-9-21-13)18-12-15(2,3)8-10-22(4,19)20;/h6-7,9H,5,8,10-12H2,1-4H3,(H2,16,17,18);1H. The van der Waals surface area contributed by atoms with Crippen LogP contribution in [0.4, 0.5) is 0 Å². The summed E-state index contributed by atoms with van der Waals surface area (Å²) in [5.74, 6) is 1.70. The number of halogens is 1. The average Bonchev–Trinajstić information content (AvgIpc) is 2.92. The molecule has 0 saturated heterocycles. The van der Waals surface area contributed by atoms with E-state index in [4.69, 9.17) is 4.42 Å². The Bertz CT molecular complexity index is 569. The van der Waals surface area contributed by atoms with E-state index in [0.29, 0.717) is 25.5 Å². The van der Waals surface area contributed by atoms with Gasteiger partial charge < -0.3 is 15.1 Å². The summed E-state index contributed by atoms with van der Waals surface area (Å²) in [4.78, 5) is 4.45. The van der Waals surface area contributed by atoms with Gasteiger partial charge in [-0.3, -0.25) is 0 Å². The van der Waals surface area contributed by atoms with Crippen molar-refractivity contribution in [3.05, 3.63) is 24.2 Å². The summed E-state index contributed by atoms with van der Waals surface area (Å²) in [6.07, 6.45) is 3.50. The number of rotatable bonds is 8. The number of hydrogen-bond donors (Lipinski definition) is 2. The quantitative estimate of drug-likeness (QED) is 0.356. The number of hydrogen-bond acceptors (Lipinski definition) is 4. The van der Waals surface area contributed by atoms with E-state index in [9.17, 15) is 8.42 Å². The first-order valence-corrected chi connectivity index (χ1v) is 9.50. The van der Waals surface area contributed by atoms with Crippen LogP contribution in [0.2, 0.25) is 0 Å². The summed E-state index contributed by atoms with van der Waals surface area (Å²) in [5, 5.41) is 6.43. The second kappa shape index (κ2) is 10.2. The highest BCUT2D eigenvalue weighted by Gasteiger charge is 2.20. The molecule has 0 aromatic carbocycles. The van der Waals surface area contributed by atoms with Gasteiger partial charge in [0.1, 0.15) is 22.1 Å². The van der Waals surface area contributed by atoms with Gasteiger partial charge in [-0.05, 0) is 30.9 Å². The molecular weight excluding hydrogens is 429 g/mol. The summed E-state index contributed by atoms with van der Waals surface area (Å²) >= 11 is 0. The molecule has 0 spiro atoms. The molecule has 1 heterocycles. The van der Waals surface area contributed by atoms with Crippen LogP contribution in [0.25, 0.3) is 0 Å². The summed E-state index contributed by atoms with van der Waals surface area (Å²) < 4.78 is 27.8. The van der Waals surface area contributed by atoms with Crippen molar-refractivity contribution in [3.8, 4) is 0 Å². The van der Waals surface area contributed by atoms with Crippen LogP contribution in [0.15, 0.2) is 27.8 Å². The zero-order chi connectivity index (χ0) is 16.6. The molecule has 0 unspecified atom stereocenters. The molecule has 1 aromatic rings. The van der Waals surface area contributed by atoms with E-state index in [1.54, 1.807) is 6.26 Å². The lowest BCUT2D eigenvalue weighted by molar-refractivity contribution is 0.348. The summed E-state index contributed by atoms with van der Waals surface area (Å²) in [7, 11) is -2.93. The van der Waals surface area contributed by atoms with Gasteiger partial charge in [0.25, 0.3) is 0 Å². The number of sulfone groups is 1. The largest absolute Gasteiger partial charge is 0.467 e. The minimum Gasteiger partial charge on any atom is -0.467 e. The molecule has 134 valence electrons. The van der Waals surface area contributed by atoms with Crippen molar-refractivity contribution in [1.29, 1.82) is 0 Å². The molecule has 0 aliphatic heterocycles. The molecule has 23 heavy (non-hydrogen) atoms. The molecule has 0 bridgehead atoms. The second-order valence-electron chi connectivity index (χ2n) is 6.17. The number of aliphatic imine (C=N–C) groups is 1. The fourth-order valence-corrected chi connectivity index (χ4v) is 2.70. The van der Waals surface area contributed by atoms with Gasteiger partial charge >= 0.3 is 0 Å². The maximum Gasteiger partial charge on any atom is 0.191 e. The topological polar surface area (TPSA) is 83.7 Å². The van der Waals surface area contributed by atoms with Crippen molar-refractivity contribution < 1.29 is 12.8 Å². The third-order valence-corrected chi connectivity index (χ3v) is 4.15. The van der Waals surface area contributed by atoms with Gasteiger partial charge in [-0.25, -0.2) is 13.4 Å². The molecule has 0 radical (unpaired) electrons. The third kappa shape index (κ3) is 10.6. The molecule has 0 fully saturated rings. The predicted molar refractivity (Wildman–Crippen MR) is 105 cm³/mol. The lowest BCUT2D eigenvalue weighted by Crippen LogP contribution is -2.42. The van der Waals surface area contributed by atoms with Gasteiger partial charge in [0.15, 0.2) is 5.96 Å². The van der Waals surface area contributed by atoms with E-state index in [2.05, 4.69) is 15.6 Å². The normalized spacial score (nSPS) is 12.6. The first-order valence-electron chi connectivity index (χ1n) is 7.44. The lowest BCUT2D eigenvalue weighted by Gasteiger charge is -2.25. The van der Waals surface area contributed by atoms with E-state index in [-0.39, 0.29) is 35.1 Å². The molecule has 0 aliphatic carbocycles. The summed E-state index contributed by atoms with van der Waals surface area (Å²) in [5.41, 5.74) is -0.135. The van der Waals surface area contributed by atoms with E-state index in [0.717, 1.165) is 12.3 Å². The molecule has 0 atom stereocenters. The first-order chi connectivity index (χ1) is 10.2. The Morgan fingerprint density at radius 2 is 2.04 bits per heavy atom. The molecule has 8 heteroatoms. The Balaban J connectivity index is 0.00000484. The smallest absolute Gasteiger partial charge is 0.191 e. The minimum absolute atomic E-state index is 0. The van der Waals surface area contributed by atoms with Crippen molar-refractivity contribution in [2.45, 2.75) is 33.7 Å². The van der Waals surface area contributed by atoms with Crippen LogP contribution in [-0.4, -0.2) is 39.5 Å². The van der Waals surface area contributed by atoms with Gasteiger partial charge in [-0.2, -0.15) is 0 Å². The van der Waals surface area contributed by atoms with Crippen molar-refractivity contribution >= 4 is 39.8 Å². The maximum absolute atomic E-state index is 11.3. The van der Waals surface area contributed by atoms with Crippen LogP contribution < -0.4 is 10.6 Å². The molecule has 0 amide bonds. The maximum atomic E-state index is 11.3. The molecule has 1 rings (SSSR count). The molecule has 0 aliphatic rings. The number of nitrogens with zero attached hydrogens (tertiary/aromatic N) is 1. The van der Waals surface area contributed by atoms with Gasteiger partial charge in [-0.15, -0.1) is 24.0 Å². The second-order valence-corrected chi connectivity index (χ2v) is 8.43. The zero-order valence-corrected chi connectivity index (χ0v) is 17.4. The Morgan fingerprint density at radius 3 is 2.57 bits per heavy atom. The highest BCUT2D eigenvalue weighted by molar-refractivity contribution is 14.0. The average molecular weight is 457 g/mol. The Kier molecular flexibility index (Phi) is 9.83. The number of nitrogens with one attached hydrogen (secondary N) is 2. The fourth-order valence-electron chi connectivity index (χ4n) is 1.77. The third-order valence-electron chi connectivity index (χ3n) is 3.20. The van der Waals surface area contributed by atoms with Crippen molar-refractivity contribution in [2.24, 2.45) is 10.4 Å². The van der Waals surface area contributed by atoms with Crippen molar-refractivity contribution in [3.63, 3.8) is 0 Å². The Labute approximate surface area is 156 Å². The van der Waals surface area contributed by atoms with Crippen LogP contribution in [-0.2, 0) is 16.4 Å². The van der Waals surface area contributed by atoms with E-state index in [1.807, 2.05) is 32.9 Å². The minimum atomic E-state index is -2.93. The Hall–Kier alpha value is -0.770. The SMILES string of the molecule is CCNC(=NCc1ccco1)NCC(C)(C)CCS(C)(=O)=O.I.